The molecule has 220 valence electrons. The topological polar surface area (TPSA) is 85.0 Å². The van der Waals surface area contributed by atoms with Crippen molar-refractivity contribution in [3.05, 3.63) is 54.2 Å². The summed E-state index contributed by atoms with van der Waals surface area (Å²) in [5.41, 5.74) is 1.81. The lowest BCUT2D eigenvalue weighted by Crippen LogP contribution is -2.65. The van der Waals surface area contributed by atoms with Crippen molar-refractivity contribution in [1.82, 2.24) is 20.1 Å². The second-order valence-electron chi connectivity index (χ2n) is 14.9. The minimum Gasteiger partial charge on any atom is -0.339 e. The zero-order valence-electron chi connectivity index (χ0n) is 24.7. The molecule has 7 nitrogen and oxygen atoms in total. The smallest absolute Gasteiger partial charge is 0.229 e. The van der Waals surface area contributed by atoms with Crippen molar-refractivity contribution in [2.75, 3.05) is 11.4 Å². The lowest BCUT2D eigenvalue weighted by Gasteiger charge is -2.66. The van der Waals surface area contributed by atoms with E-state index >= 15 is 0 Å². The van der Waals surface area contributed by atoms with Crippen molar-refractivity contribution in [1.29, 1.82) is 0 Å². The molecular weight excluding hydrogens is 529 g/mol. The average Bonchev–Trinajstić information content (AvgIpc) is 3.70. The fraction of sp³-hybridized carbons (Fsp3) is 0.618. The first kappa shape index (κ1) is 26.5. The third-order valence-electron chi connectivity index (χ3n) is 11.3. The number of fused-ring (bicyclic) bond motifs is 3. The molecule has 0 aliphatic heterocycles. The highest BCUT2D eigenvalue weighted by Crippen LogP contribution is 2.71. The van der Waals surface area contributed by atoms with Crippen LogP contribution in [0.4, 0.5) is 10.1 Å². The van der Waals surface area contributed by atoms with Crippen LogP contribution in [0.3, 0.4) is 0 Å². The summed E-state index contributed by atoms with van der Waals surface area (Å²) in [4.78, 5) is 30.2. The van der Waals surface area contributed by atoms with Gasteiger partial charge in [-0.3, -0.25) is 4.79 Å². The summed E-state index contributed by atoms with van der Waals surface area (Å²) >= 11 is 0. The maximum atomic E-state index is 14.4. The molecule has 4 bridgehead atoms. The Morgan fingerprint density at radius 2 is 1.69 bits per heavy atom. The van der Waals surface area contributed by atoms with Gasteiger partial charge in [0.1, 0.15) is 11.5 Å². The highest BCUT2D eigenvalue weighted by molar-refractivity contribution is 5.95. The molecule has 0 N–H and O–H groups in total. The molecule has 0 spiro atoms. The van der Waals surface area contributed by atoms with E-state index in [1.165, 1.54) is 12.8 Å². The molecule has 2 heterocycles. The predicted octanol–water partition coefficient (Wildman–Crippen LogP) is 7.43. The summed E-state index contributed by atoms with van der Waals surface area (Å²) in [5.74, 6) is 3.39. The third kappa shape index (κ3) is 4.39. The number of amides is 1. The minimum atomic E-state index is -1.00. The summed E-state index contributed by atoms with van der Waals surface area (Å²) in [5, 5.41) is 4.42. The van der Waals surface area contributed by atoms with Crippen molar-refractivity contribution in [2.24, 2.45) is 10.8 Å². The van der Waals surface area contributed by atoms with Gasteiger partial charge < -0.3 is 9.42 Å². The number of rotatable bonds is 9. The SMILES string of the molecule is CC(C)c1nc(C23CCC(CN(C(=O)CC45CC(F)(C4)C5)c4cccc(-c5cnc(C6CC6)nc5)c4)(CC2)CC3)no1. The molecule has 0 saturated heterocycles. The van der Waals surface area contributed by atoms with Gasteiger partial charge in [0.25, 0.3) is 0 Å². The third-order valence-corrected chi connectivity index (χ3v) is 11.3. The van der Waals surface area contributed by atoms with Gasteiger partial charge in [0.05, 0.1) is 0 Å². The van der Waals surface area contributed by atoms with Crippen LogP contribution in [0, 0.1) is 10.8 Å². The van der Waals surface area contributed by atoms with Gasteiger partial charge in [0.15, 0.2) is 5.82 Å². The molecule has 10 rings (SSSR count). The molecule has 7 fully saturated rings. The monoisotopic (exact) mass is 569 g/mol. The molecule has 1 amide bonds. The number of benzene rings is 1. The highest BCUT2D eigenvalue weighted by Gasteiger charge is 2.69. The molecular formula is C34H40FN5O2. The second kappa shape index (κ2) is 9.17. The van der Waals surface area contributed by atoms with E-state index in [1.807, 2.05) is 23.4 Å². The van der Waals surface area contributed by atoms with Crippen LogP contribution in [0.25, 0.3) is 11.1 Å². The van der Waals surface area contributed by atoms with Gasteiger partial charge in [0.2, 0.25) is 11.8 Å². The normalized spacial score (nSPS) is 32.9. The number of nitrogens with zero attached hydrogens (tertiary/aromatic N) is 5. The van der Waals surface area contributed by atoms with Crippen LogP contribution < -0.4 is 4.90 Å². The number of anilines is 1. The van der Waals surface area contributed by atoms with Gasteiger partial charge in [0, 0.05) is 53.9 Å². The number of halogens is 1. The van der Waals surface area contributed by atoms with Gasteiger partial charge in [-0.25, -0.2) is 14.4 Å². The van der Waals surface area contributed by atoms with Crippen molar-refractivity contribution < 1.29 is 13.7 Å². The number of aromatic nitrogens is 4. The number of carbonyl (C=O) groups is 1. The Bertz CT molecular complexity index is 1480. The van der Waals surface area contributed by atoms with E-state index < -0.39 is 5.67 Å². The number of carbonyl (C=O) groups excluding carboxylic acids is 1. The molecule has 7 aliphatic carbocycles. The standard InChI is InChI=1S/C34H40FN5O2/c1-22(2)29-38-30(39-42-29)33-11-8-31(9-12-33,10-13-33)21-40(27(41)15-32-18-34(35,19-32)20-32)26-5-3-4-24(14-26)25-16-36-28(37-17-25)23-6-7-23/h3-5,14,16-17,22-23H,6-13,15,18-21H2,1-2H3. The fourth-order valence-electron chi connectivity index (χ4n) is 8.54. The van der Waals surface area contributed by atoms with E-state index in [9.17, 15) is 9.18 Å². The van der Waals surface area contributed by atoms with E-state index in [0.717, 1.165) is 72.9 Å². The Labute approximate surface area is 246 Å². The molecule has 2 aromatic heterocycles. The summed E-state index contributed by atoms with van der Waals surface area (Å²) in [6.45, 7) is 4.86. The van der Waals surface area contributed by atoms with Gasteiger partial charge >= 0.3 is 0 Å². The Balaban J connectivity index is 1.05. The quantitative estimate of drug-likeness (QED) is 0.266. The van der Waals surface area contributed by atoms with E-state index in [0.29, 0.717) is 38.1 Å². The van der Waals surface area contributed by atoms with E-state index in [1.54, 1.807) is 0 Å². The molecule has 7 aliphatic rings. The summed E-state index contributed by atoms with van der Waals surface area (Å²) < 4.78 is 20.0. The maximum absolute atomic E-state index is 14.4. The molecule has 0 radical (unpaired) electrons. The molecule has 1 aromatic carbocycles. The van der Waals surface area contributed by atoms with Crippen molar-refractivity contribution in [3.8, 4) is 11.1 Å². The zero-order chi connectivity index (χ0) is 28.7. The molecule has 8 heteroatoms. The Hall–Kier alpha value is -3.16. The predicted molar refractivity (Wildman–Crippen MR) is 157 cm³/mol. The van der Waals surface area contributed by atoms with E-state index in [2.05, 4.69) is 47.2 Å². The molecule has 0 unspecified atom stereocenters. The Morgan fingerprint density at radius 3 is 2.29 bits per heavy atom. The van der Waals surface area contributed by atoms with Crippen molar-refractivity contribution in [2.45, 2.75) is 114 Å². The molecule has 42 heavy (non-hydrogen) atoms. The first-order valence-electron chi connectivity index (χ1n) is 15.9. The van der Waals surface area contributed by atoms with Gasteiger partial charge in [-0.15, -0.1) is 0 Å². The zero-order valence-corrected chi connectivity index (χ0v) is 24.7. The van der Waals surface area contributed by atoms with Crippen LogP contribution in [0.1, 0.15) is 120 Å². The minimum absolute atomic E-state index is 0.0128. The average molecular weight is 570 g/mol. The van der Waals surface area contributed by atoms with Crippen LogP contribution in [-0.2, 0) is 10.2 Å². The van der Waals surface area contributed by atoms with Crippen LogP contribution in [-0.4, -0.2) is 38.2 Å². The second-order valence-corrected chi connectivity index (χ2v) is 14.9. The van der Waals surface area contributed by atoms with Crippen LogP contribution >= 0.6 is 0 Å². The number of alkyl halides is 1. The lowest BCUT2D eigenvalue weighted by atomic mass is 9.41. The molecule has 0 atom stereocenters. The largest absolute Gasteiger partial charge is 0.339 e. The highest BCUT2D eigenvalue weighted by atomic mass is 19.1. The number of hydrogen-bond donors (Lipinski definition) is 0. The van der Waals surface area contributed by atoms with Gasteiger partial charge in [-0.2, -0.15) is 4.98 Å². The van der Waals surface area contributed by atoms with Crippen LogP contribution in [0.5, 0.6) is 0 Å². The van der Waals surface area contributed by atoms with Gasteiger partial charge in [-0.1, -0.05) is 31.1 Å². The maximum Gasteiger partial charge on any atom is 0.229 e. The first-order chi connectivity index (χ1) is 20.2. The van der Waals surface area contributed by atoms with E-state index in [-0.39, 0.29) is 28.1 Å². The van der Waals surface area contributed by atoms with Crippen LogP contribution in [0.2, 0.25) is 0 Å². The Morgan fingerprint density at radius 1 is 1.00 bits per heavy atom. The summed E-state index contributed by atoms with van der Waals surface area (Å²) in [6, 6.07) is 8.27. The first-order valence-corrected chi connectivity index (χ1v) is 15.9. The van der Waals surface area contributed by atoms with Crippen molar-refractivity contribution in [3.63, 3.8) is 0 Å². The molecule has 3 aromatic rings. The fourth-order valence-corrected chi connectivity index (χ4v) is 8.54. The van der Waals surface area contributed by atoms with E-state index in [4.69, 9.17) is 9.51 Å². The lowest BCUT2D eigenvalue weighted by molar-refractivity contribution is -0.215. The van der Waals surface area contributed by atoms with Crippen LogP contribution in [0.15, 0.2) is 41.2 Å². The summed E-state index contributed by atoms with van der Waals surface area (Å²) in [7, 11) is 0. The number of hydrogen-bond acceptors (Lipinski definition) is 6. The Kier molecular flexibility index (Phi) is 5.78. The van der Waals surface area contributed by atoms with Gasteiger partial charge in [-0.05, 0) is 99.2 Å². The summed E-state index contributed by atoms with van der Waals surface area (Å²) in [6.07, 6.45) is 14.4. The van der Waals surface area contributed by atoms with Crippen molar-refractivity contribution >= 4 is 11.6 Å². The molecule has 7 saturated carbocycles.